The summed E-state index contributed by atoms with van der Waals surface area (Å²) in [4.78, 5) is 23.5. The molecular weight excluding hydrogens is 318 g/mol. The number of thiophene rings is 1. The minimum absolute atomic E-state index is 0.333. The third-order valence-corrected chi connectivity index (χ3v) is 4.36. The number of halogens is 1. The standard InChI is InChI=1S/C12H16BrNO3S/c1-2-3-4-5-9(12(16)17)14-11(15)10-8(13)6-7-18-10/h6-7,9H,2-5H2,1H3,(H,14,15)(H,16,17). The average molecular weight is 334 g/mol. The van der Waals surface area contributed by atoms with Crippen molar-refractivity contribution in [1.82, 2.24) is 5.32 Å². The highest BCUT2D eigenvalue weighted by molar-refractivity contribution is 9.10. The number of carbonyl (C=O) groups is 2. The highest BCUT2D eigenvalue weighted by Gasteiger charge is 2.21. The summed E-state index contributed by atoms with van der Waals surface area (Å²) < 4.78 is 0.697. The highest BCUT2D eigenvalue weighted by atomic mass is 79.9. The molecule has 1 rings (SSSR count). The zero-order valence-corrected chi connectivity index (χ0v) is 12.5. The second-order valence-electron chi connectivity index (χ2n) is 3.96. The van der Waals surface area contributed by atoms with Crippen LogP contribution < -0.4 is 5.32 Å². The molecule has 6 heteroatoms. The third kappa shape index (κ3) is 4.42. The van der Waals surface area contributed by atoms with Crippen molar-refractivity contribution in [3.05, 3.63) is 20.8 Å². The van der Waals surface area contributed by atoms with Crippen molar-refractivity contribution in [3.63, 3.8) is 0 Å². The Kier molecular flexibility index (Phi) is 6.35. The minimum atomic E-state index is -0.980. The molecule has 0 radical (unpaired) electrons. The smallest absolute Gasteiger partial charge is 0.326 e. The van der Waals surface area contributed by atoms with Crippen molar-refractivity contribution >= 4 is 39.1 Å². The lowest BCUT2D eigenvalue weighted by Crippen LogP contribution is -2.40. The summed E-state index contributed by atoms with van der Waals surface area (Å²) >= 11 is 4.55. The van der Waals surface area contributed by atoms with Crippen molar-refractivity contribution in [3.8, 4) is 0 Å². The second-order valence-corrected chi connectivity index (χ2v) is 5.73. The normalized spacial score (nSPS) is 12.1. The van der Waals surface area contributed by atoms with Gasteiger partial charge in [0.15, 0.2) is 0 Å². The van der Waals surface area contributed by atoms with Crippen molar-refractivity contribution in [2.45, 2.75) is 38.6 Å². The molecule has 0 aromatic carbocycles. The largest absolute Gasteiger partial charge is 0.480 e. The van der Waals surface area contributed by atoms with Gasteiger partial charge >= 0.3 is 5.97 Å². The molecule has 0 aliphatic heterocycles. The summed E-state index contributed by atoms with van der Waals surface area (Å²) in [6.07, 6.45) is 3.27. The number of amides is 1. The molecule has 1 atom stereocenters. The van der Waals surface area contributed by atoms with Gasteiger partial charge in [0.2, 0.25) is 0 Å². The quantitative estimate of drug-likeness (QED) is 0.752. The van der Waals surface area contributed by atoms with Crippen molar-refractivity contribution in [1.29, 1.82) is 0 Å². The van der Waals surface area contributed by atoms with Crippen LogP contribution in [0.3, 0.4) is 0 Å². The van der Waals surface area contributed by atoms with Crippen LogP contribution in [0.2, 0.25) is 0 Å². The van der Waals surface area contributed by atoms with E-state index < -0.39 is 12.0 Å². The molecule has 1 amide bonds. The number of carboxylic acids is 1. The monoisotopic (exact) mass is 333 g/mol. The molecule has 1 aromatic rings. The van der Waals surface area contributed by atoms with E-state index in [0.29, 0.717) is 15.8 Å². The van der Waals surface area contributed by atoms with E-state index in [2.05, 4.69) is 28.2 Å². The summed E-state index contributed by atoms with van der Waals surface area (Å²) in [6.45, 7) is 2.05. The topological polar surface area (TPSA) is 66.4 Å². The molecule has 100 valence electrons. The van der Waals surface area contributed by atoms with Gasteiger partial charge < -0.3 is 10.4 Å². The molecule has 0 aliphatic rings. The van der Waals surface area contributed by atoms with Crippen LogP contribution >= 0.6 is 27.3 Å². The van der Waals surface area contributed by atoms with Crippen LogP contribution in [0, 0.1) is 0 Å². The maximum Gasteiger partial charge on any atom is 0.326 e. The van der Waals surface area contributed by atoms with Crippen LogP contribution in [0.15, 0.2) is 15.9 Å². The Bertz CT molecular complexity index is 419. The number of rotatable bonds is 7. The number of unbranched alkanes of at least 4 members (excludes halogenated alkanes) is 2. The molecule has 0 saturated heterocycles. The maximum absolute atomic E-state index is 11.9. The molecule has 1 aromatic heterocycles. The first kappa shape index (κ1) is 15.2. The fourth-order valence-electron chi connectivity index (χ4n) is 1.54. The van der Waals surface area contributed by atoms with Gasteiger partial charge in [0.25, 0.3) is 5.91 Å². The maximum atomic E-state index is 11.9. The number of hydrogen-bond acceptors (Lipinski definition) is 3. The first-order valence-corrected chi connectivity index (χ1v) is 7.50. The number of nitrogens with one attached hydrogen (secondary N) is 1. The van der Waals surface area contributed by atoms with Gasteiger partial charge in [0, 0.05) is 4.47 Å². The van der Waals surface area contributed by atoms with Crippen LogP contribution in [0.1, 0.15) is 42.3 Å². The minimum Gasteiger partial charge on any atom is -0.480 e. The summed E-state index contributed by atoms with van der Waals surface area (Å²) in [5.41, 5.74) is 0. The van der Waals surface area contributed by atoms with Crippen LogP contribution in [0.4, 0.5) is 0 Å². The molecule has 0 aliphatic carbocycles. The molecule has 0 bridgehead atoms. The molecule has 2 N–H and O–H groups in total. The zero-order chi connectivity index (χ0) is 13.5. The van der Waals surface area contributed by atoms with Crippen LogP contribution in [0.25, 0.3) is 0 Å². The molecule has 1 unspecified atom stereocenters. The average Bonchev–Trinajstić information content (AvgIpc) is 2.74. The summed E-state index contributed by atoms with van der Waals surface area (Å²) in [7, 11) is 0. The third-order valence-electron chi connectivity index (χ3n) is 2.52. The van der Waals surface area contributed by atoms with E-state index >= 15 is 0 Å². The fraction of sp³-hybridized carbons (Fsp3) is 0.500. The second kappa shape index (κ2) is 7.53. The molecule has 4 nitrogen and oxygen atoms in total. The summed E-state index contributed by atoms with van der Waals surface area (Å²) in [6, 6.07) is 0.963. The van der Waals surface area contributed by atoms with Gasteiger partial charge in [-0.2, -0.15) is 0 Å². The highest BCUT2D eigenvalue weighted by Crippen LogP contribution is 2.22. The van der Waals surface area contributed by atoms with Crippen molar-refractivity contribution in [2.24, 2.45) is 0 Å². The number of carboxylic acid groups (broad SMARTS) is 1. The number of aliphatic carboxylic acids is 1. The Balaban J connectivity index is 2.58. The van der Waals surface area contributed by atoms with E-state index in [1.54, 1.807) is 11.4 Å². The summed E-state index contributed by atoms with van der Waals surface area (Å²) in [5.74, 6) is -1.31. The van der Waals surface area contributed by atoms with Gasteiger partial charge in [-0.15, -0.1) is 11.3 Å². The molecule has 0 spiro atoms. The number of carbonyl (C=O) groups excluding carboxylic acids is 1. The molecule has 1 heterocycles. The Morgan fingerprint density at radius 2 is 2.22 bits per heavy atom. The lowest BCUT2D eigenvalue weighted by Gasteiger charge is -2.13. The Morgan fingerprint density at radius 3 is 2.72 bits per heavy atom. The molecule has 0 fully saturated rings. The molecule has 0 saturated carbocycles. The van der Waals surface area contributed by atoms with Crippen LogP contribution in [-0.4, -0.2) is 23.0 Å². The van der Waals surface area contributed by atoms with Gasteiger partial charge in [0.05, 0.1) is 0 Å². The predicted octanol–water partition coefficient (Wildman–Crippen LogP) is 3.27. The van der Waals surface area contributed by atoms with E-state index in [0.717, 1.165) is 19.3 Å². The first-order chi connectivity index (χ1) is 8.56. The lowest BCUT2D eigenvalue weighted by atomic mass is 10.1. The Morgan fingerprint density at radius 1 is 1.50 bits per heavy atom. The van der Waals surface area contributed by atoms with Gasteiger partial charge in [-0.3, -0.25) is 4.79 Å². The Labute approximate surface area is 119 Å². The van der Waals surface area contributed by atoms with Crippen LogP contribution in [-0.2, 0) is 4.79 Å². The van der Waals surface area contributed by atoms with E-state index in [9.17, 15) is 9.59 Å². The van der Waals surface area contributed by atoms with Crippen molar-refractivity contribution < 1.29 is 14.7 Å². The van der Waals surface area contributed by atoms with Gasteiger partial charge in [0.1, 0.15) is 10.9 Å². The number of hydrogen-bond donors (Lipinski definition) is 2. The zero-order valence-electron chi connectivity index (χ0n) is 10.1. The van der Waals surface area contributed by atoms with Gasteiger partial charge in [-0.1, -0.05) is 26.2 Å². The fourth-order valence-corrected chi connectivity index (χ4v) is 2.99. The SMILES string of the molecule is CCCCCC(NC(=O)c1sccc1Br)C(=O)O. The lowest BCUT2D eigenvalue weighted by molar-refractivity contribution is -0.139. The van der Waals surface area contributed by atoms with Crippen molar-refractivity contribution in [2.75, 3.05) is 0 Å². The van der Waals surface area contributed by atoms with E-state index in [4.69, 9.17) is 5.11 Å². The first-order valence-electron chi connectivity index (χ1n) is 5.83. The Hall–Kier alpha value is -0.880. The van der Waals surface area contributed by atoms with Gasteiger partial charge in [-0.05, 0) is 33.8 Å². The van der Waals surface area contributed by atoms with E-state index in [1.807, 2.05) is 0 Å². The molecular formula is C12H16BrNO3S. The summed E-state index contributed by atoms with van der Waals surface area (Å²) in [5, 5.41) is 13.4. The van der Waals surface area contributed by atoms with Crippen LogP contribution in [0.5, 0.6) is 0 Å². The van der Waals surface area contributed by atoms with E-state index in [-0.39, 0.29) is 5.91 Å². The predicted molar refractivity (Wildman–Crippen MR) is 75.1 cm³/mol. The van der Waals surface area contributed by atoms with Gasteiger partial charge in [-0.25, -0.2) is 4.79 Å². The molecule has 18 heavy (non-hydrogen) atoms. The van der Waals surface area contributed by atoms with E-state index in [1.165, 1.54) is 11.3 Å².